The third kappa shape index (κ3) is 5.47. The molecule has 30 heavy (non-hydrogen) atoms. The lowest BCUT2D eigenvalue weighted by molar-refractivity contribution is -0.139. The van der Waals surface area contributed by atoms with Gasteiger partial charge in [-0.25, -0.2) is 8.42 Å². The quantitative estimate of drug-likeness (QED) is 0.635. The van der Waals surface area contributed by atoms with Gasteiger partial charge in [0.15, 0.2) is 0 Å². The smallest absolute Gasteiger partial charge is 0.309 e. The van der Waals surface area contributed by atoms with Crippen molar-refractivity contribution in [1.29, 1.82) is 0 Å². The summed E-state index contributed by atoms with van der Waals surface area (Å²) in [5, 5.41) is 6.99. The molecule has 0 spiro atoms. The summed E-state index contributed by atoms with van der Waals surface area (Å²) in [6.07, 6.45) is 3.00. The van der Waals surface area contributed by atoms with E-state index in [0.717, 1.165) is 30.4 Å². The van der Waals surface area contributed by atoms with E-state index in [4.69, 9.17) is 0 Å². The van der Waals surface area contributed by atoms with Gasteiger partial charge in [-0.05, 0) is 48.8 Å². The molecule has 0 saturated carbocycles. The Morgan fingerprint density at radius 2 is 1.87 bits per heavy atom. The second kappa shape index (κ2) is 10.2. The van der Waals surface area contributed by atoms with Crippen LogP contribution in [0.2, 0.25) is 0 Å². The summed E-state index contributed by atoms with van der Waals surface area (Å²) < 4.78 is 27.7. The van der Waals surface area contributed by atoms with Crippen LogP contribution < -0.4 is 10.6 Å². The molecule has 0 aliphatic carbocycles. The lowest BCUT2D eigenvalue weighted by Crippen LogP contribution is -2.46. The molecule has 2 N–H and O–H groups in total. The third-order valence-electron chi connectivity index (χ3n) is 5.30. The molecule has 1 fully saturated rings. The molecule has 1 aliphatic heterocycles. The van der Waals surface area contributed by atoms with Crippen molar-refractivity contribution in [3.8, 4) is 0 Å². The number of amides is 2. The number of benzene rings is 1. The number of carbonyl (C=O) groups is 2. The average Bonchev–Trinajstić information content (AvgIpc) is 3.29. The van der Waals surface area contributed by atoms with Crippen LogP contribution in [-0.2, 0) is 26.2 Å². The molecule has 2 aromatic rings. The summed E-state index contributed by atoms with van der Waals surface area (Å²) in [6, 6.07) is 10.8. The molecule has 1 aromatic carbocycles. The molecule has 162 valence electrons. The molecular formula is C21H27N3O4S2. The number of thiophene rings is 1. The number of rotatable bonds is 7. The number of sulfonamides is 1. The number of nitrogens with zero attached hydrogens (tertiary/aromatic N) is 1. The van der Waals surface area contributed by atoms with Gasteiger partial charge in [-0.1, -0.05) is 36.8 Å². The number of piperidine rings is 1. The molecule has 1 saturated heterocycles. The van der Waals surface area contributed by atoms with E-state index in [1.165, 1.54) is 11.3 Å². The first-order valence-corrected chi connectivity index (χ1v) is 12.4. The number of hydrogen-bond acceptors (Lipinski definition) is 5. The molecule has 2 amide bonds. The Hall–Kier alpha value is -2.23. The van der Waals surface area contributed by atoms with Crippen LogP contribution in [0.3, 0.4) is 0 Å². The van der Waals surface area contributed by atoms with E-state index in [1.54, 1.807) is 21.8 Å². The number of aryl methyl sites for hydroxylation is 1. The highest BCUT2D eigenvalue weighted by Crippen LogP contribution is 2.29. The standard InChI is InChI=1S/C21H27N3O4S2/c1-16-7-2-3-8-17(16)15-23-21(26)20(25)22-12-11-18-9-4-5-13-24(18)30(27,28)19-10-6-14-29-19/h2-3,6-8,10,14,18H,4-5,9,11-13,15H2,1H3,(H,22,25)(H,23,26)/t18-/m1/s1. The molecule has 0 bridgehead atoms. The fraction of sp³-hybridized carbons (Fsp3) is 0.429. The van der Waals surface area contributed by atoms with Crippen molar-refractivity contribution >= 4 is 33.2 Å². The van der Waals surface area contributed by atoms with Crippen LogP contribution in [0.4, 0.5) is 0 Å². The van der Waals surface area contributed by atoms with E-state index in [1.807, 2.05) is 31.2 Å². The first-order chi connectivity index (χ1) is 14.4. The highest BCUT2D eigenvalue weighted by atomic mass is 32.2. The van der Waals surface area contributed by atoms with Gasteiger partial charge in [0, 0.05) is 25.7 Å². The van der Waals surface area contributed by atoms with Crippen LogP contribution in [0.1, 0.15) is 36.8 Å². The predicted molar refractivity (Wildman–Crippen MR) is 117 cm³/mol. The molecule has 0 radical (unpaired) electrons. The maximum atomic E-state index is 12.9. The molecule has 1 atom stereocenters. The van der Waals surface area contributed by atoms with Crippen molar-refractivity contribution < 1.29 is 18.0 Å². The van der Waals surface area contributed by atoms with Crippen LogP contribution in [0.15, 0.2) is 46.0 Å². The first kappa shape index (κ1) is 22.5. The summed E-state index contributed by atoms with van der Waals surface area (Å²) in [4.78, 5) is 24.2. The molecule has 7 nitrogen and oxygen atoms in total. The SMILES string of the molecule is Cc1ccccc1CNC(=O)C(=O)NCC[C@H]1CCCCN1S(=O)(=O)c1cccs1. The van der Waals surface area contributed by atoms with E-state index in [0.29, 0.717) is 17.2 Å². The Balaban J connectivity index is 1.50. The van der Waals surface area contributed by atoms with E-state index in [-0.39, 0.29) is 19.1 Å². The zero-order valence-electron chi connectivity index (χ0n) is 17.0. The molecule has 3 rings (SSSR count). The highest BCUT2D eigenvalue weighted by Gasteiger charge is 2.33. The van der Waals surface area contributed by atoms with E-state index in [9.17, 15) is 18.0 Å². The monoisotopic (exact) mass is 449 g/mol. The molecule has 1 aliphatic rings. The third-order valence-corrected chi connectivity index (χ3v) is 8.63. The van der Waals surface area contributed by atoms with Crippen molar-refractivity contribution in [2.75, 3.05) is 13.1 Å². The van der Waals surface area contributed by atoms with Gasteiger partial charge in [0.2, 0.25) is 0 Å². The maximum Gasteiger partial charge on any atom is 0.309 e. The zero-order valence-corrected chi connectivity index (χ0v) is 18.6. The van der Waals surface area contributed by atoms with Gasteiger partial charge in [0.1, 0.15) is 4.21 Å². The first-order valence-electron chi connectivity index (χ1n) is 10.1. The van der Waals surface area contributed by atoms with Gasteiger partial charge in [-0.3, -0.25) is 9.59 Å². The van der Waals surface area contributed by atoms with Crippen molar-refractivity contribution in [3.63, 3.8) is 0 Å². The predicted octanol–water partition coefficient (Wildman–Crippen LogP) is 2.42. The molecule has 2 heterocycles. The van der Waals surface area contributed by atoms with E-state index >= 15 is 0 Å². The van der Waals surface area contributed by atoms with Crippen LogP contribution in [0, 0.1) is 6.92 Å². The Bertz CT molecular complexity index is 974. The van der Waals surface area contributed by atoms with E-state index in [2.05, 4.69) is 10.6 Å². The number of nitrogens with one attached hydrogen (secondary N) is 2. The Morgan fingerprint density at radius 3 is 2.60 bits per heavy atom. The molecular weight excluding hydrogens is 422 g/mol. The number of carbonyl (C=O) groups excluding carboxylic acids is 2. The van der Waals surface area contributed by atoms with E-state index < -0.39 is 21.8 Å². The summed E-state index contributed by atoms with van der Waals surface area (Å²) in [5.74, 6) is -1.39. The van der Waals surface area contributed by atoms with Crippen LogP contribution >= 0.6 is 11.3 Å². The van der Waals surface area contributed by atoms with Gasteiger partial charge < -0.3 is 10.6 Å². The Morgan fingerprint density at radius 1 is 1.10 bits per heavy atom. The van der Waals surface area contributed by atoms with Crippen LogP contribution in [-0.4, -0.2) is 43.7 Å². The fourth-order valence-electron chi connectivity index (χ4n) is 3.60. The lowest BCUT2D eigenvalue weighted by Gasteiger charge is -2.34. The summed E-state index contributed by atoms with van der Waals surface area (Å²) >= 11 is 1.21. The van der Waals surface area contributed by atoms with Gasteiger partial charge in [-0.2, -0.15) is 4.31 Å². The largest absolute Gasteiger partial charge is 0.348 e. The highest BCUT2D eigenvalue weighted by molar-refractivity contribution is 7.91. The second-order valence-electron chi connectivity index (χ2n) is 7.35. The van der Waals surface area contributed by atoms with Crippen molar-refractivity contribution in [3.05, 3.63) is 52.9 Å². The normalized spacial score (nSPS) is 17.4. The number of hydrogen-bond donors (Lipinski definition) is 2. The second-order valence-corrected chi connectivity index (χ2v) is 10.4. The van der Waals surface area contributed by atoms with Crippen molar-refractivity contribution in [2.45, 2.75) is 49.4 Å². The maximum absolute atomic E-state index is 12.9. The molecule has 1 aromatic heterocycles. The molecule has 0 unspecified atom stereocenters. The fourth-order valence-corrected chi connectivity index (χ4v) is 6.44. The van der Waals surface area contributed by atoms with Crippen LogP contribution in [0.5, 0.6) is 0 Å². The minimum absolute atomic E-state index is 0.179. The lowest BCUT2D eigenvalue weighted by atomic mass is 10.0. The van der Waals surface area contributed by atoms with Gasteiger partial charge in [0.25, 0.3) is 10.0 Å². The summed E-state index contributed by atoms with van der Waals surface area (Å²) in [5.41, 5.74) is 2.00. The average molecular weight is 450 g/mol. The Labute approximate surface area is 181 Å². The van der Waals surface area contributed by atoms with Crippen LogP contribution in [0.25, 0.3) is 0 Å². The Kier molecular flexibility index (Phi) is 7.63. The van der Waals surface area contributed by atoms with Gasteiger partial charge in [0.05, 0.1) is 0 Å². The molecule has 9 heteroatoms. The minimum Gasteiger partial charge on any atom is -0.348 e. The summed E-state index contributed by atoms with van der Waals surface area (Å²) in [7, 11) is -3.52. The zero-order chi connectivity index (χ0) is 21.6. The van der Waals surface area contributed by atoms with Crippen molar-refractivity contribution in [1.82, 2.24) is 14.9 Å². The van der Waals surface area contributed by atoms with Gasteiger partial charge in [-0.15, -0.1) is 11.3 Å². The topological polar surface area (TPSA) is 95.6 Å². The summed E-state index contributed by atoms with van der Waals surface area (Å²) in [6.45, 7) is 2.96. The van der Waals surface area contributed by atoms with Gasteiger partial charge >= 0.3 is 11.8 Å². The van der Waals surface area contributed by atoms with Crippen molar-refractivity contribution in [2.24, 2.45) is 0 Å². The minimum atomic E-state index is -3.52.